The molecule has 0 spiro atoms. The molecule has 0 radical (unpaired) electrons. The minimum Gasteiger partial charge on any atom is -0.311 e. The number of rotatable bonds is 8. The quantitative estimate of drug-likeness (QED) is 0.140. The first-order valence-electron chi connectivity index (χ1n) is 35.0. The fourth-order valence-electron chi connectivity index (χ4n) is 19.2. The van der Waals surface area contributed by atoms with Gasteiger partial charge in [-0.3, -0.25) is 0 Å². The molecule has 96 heavy (non-hydrogen) atoms. The van der Waals surface area contributed by atoms with Gasteiger partial charge in [-0.2, -0.15) is 0 Å². The summed E-state index contributed by atoms with van der Waals surface area (Å²) < 4.78 is 0. The molecular formula is C94H78N2. The Bertz CT molecular complexity index is 5440. The highest BCUT2D eigenvalue weighted by Crippen LogP contribution is 2.59. The molecule has 0 aliphatic heterocycles. The number of aryl methyl sites for hydroxylation is 1. The van der Waals surface area contributed by atoms with Crippen molar-refractivity contribution >= 4 is 66.8 Å². The third-order valence-electron chi connectivity index (χ3n) is 24.1. The van der Waals surface area contributed by atoms with E-state index in [1.807, 2.05) is 0 Å². The lowest BCUT2D eigenvalue weighted by Crippen LogP contribution is -2.25. The topological polar surface area (TPSA) is 6.48 Å². The van der Waals surface area contributed by atoms with E-state index in [1.165, 1.54) is 149 Å². The number of benzene rings is 12. The first-order chi connectivity index (χ1) is 46.6. The SMILES string of the molecule is CC1(C)C2=CC(N(c3ccc4c(c3)C(C)(C)C3C=CC=CC43)c3ccc4c(-c5ccc6ccccc6c5)c5cc(N(c6ccc7c(c6)C(C)(C)c6ccccc6-7)c6ccc7c(c6)C(C)(C)c6ccccc6-7)ccc5c(-c5ccc6c(c5)CCC=C6)c4c3)=CCC2c2ccccc21. The van der Waals surface area contributed by atoms with E-state index in [-0.39, 0.29) is 21.7 Å². The summed E-state index contributed by atoms with van der Waals surface area (Å²) in [5.74, 6) is 1.11. The van der Waals surface area contributed by atoms with E-state index in [2.05, 4.69) is 338 Å². The molecule has 0 fully saturated rings. The molecule has 19 rings (SSSR count). The standard InChI is InChI=1S/C94H78N2/c1-91(2)81-29-17-13-25-69(81)73-43-37-65(53-85(73)91)95(66-38-44-74-70-26-14-18-30-82(70)92(3,4)86(74)54-66)63-41-47-77-79(51-63)89(61-35-33-57-21-9-11-23-59(57)49-61)78-48-42-64(52-80(78)90(77)62-36-34-58-22-10-12-24-60(58)50-62)96(67-39-45-75-71-27-15-19-31-83(71)93(5,6)87(75)55-67)68-40-46-76-72-28-16-20-32-84(72)94(7,8)88(76)56-68/h9-11,13-23,25-45,47-56,71,76,83H,12,24,46H2,1-8H3. The fourth-order valence-corrected chi connectivity index (χ4v) is 19.2. The lowest BCUT2D eigenvalue weighted by Gasteiger charge is -2.34. The van der Waals surface area contributed by atoms with Crippen LogP contribution in [0.25, 0.3) is 82.9 Å². The molecule has 464 valence electrons. The number of nitrogens with zero attached hydrogens (tertiary/aromatic N) is 2. The minimum absolute atomic E-state index is 0.0607. The summed E-state index contributed by atoms with van der Waals surface area (Å²) in [5.41, 5.74) is 32.2. The Kier molecular flexibility index (Phi) is 12.3. The van der Waals surface area contributed by atoms with Crippen LogP contribution in [0.1, 0.15) is 136 Å². The molecule has 0 saturated carbocycles. The van der Waals surface area contributed by atoms with E-state index in [9.17, 15) is 0 Å². The molecule has 0 N–H and O–H groups in total. The van der Waals surface area contributed by atoms with Crippen molar-refractivity contribution in [2.45, 2.75) is 108 Å². The van der Waals surface area contributed by atoms with Crippen molar-refractivity contribution in [1.29, 1.82) is 0 Å². The molecule has 3 unspecified atom stereocenters. The highest BCUT2D eigenvalue weighted by molar-refractivity contribution is 6.23. The second-order valence-corrected chi connectivity index (χ2v) is 30.6. The van der Waals surface area contributed by atoms with Crippen molar-refractivity contribution < 1.29 is 0 Å². The largest absolute Gasteiger partial charge is 0.311 e. The average Bonchev–Trinajstić information content (AvgIpc) is 0.798. The Morgan fingerprint density at radius 2 is 0.938 bits per heavy atom. The predicted octanol–water partition coefficient (Wildman–Crippen LogP) is 25.1. The average molecular weight is 1240 g/mol. The van der Waals surface area contributed by atoms with Crippen molar-refractivity contribution in [1.82, 2.24) is 0 Å². The number of hydrogen-bond donors (Lipinski definition) is 0. The Hall–Kier alpha value is -10.3. The van der Waals surface area contributed by atoms with Gasteiger partial charge in [0.2, 0.25) is 0 Å². The molecule has 7 aliphatic carbocycles. The van der Waals surface area contributed by atoms with Crippen LogP contribution in [0, 0.1) is 5.92 Å². The van der Waals surface area contributed by atoms with Crippen molar-refractivity contribution in [3.63, 3.8) is 0 Å². The monoisotopic (exact) mass is 1230 g/mol. The first kappa shape index (κ1) is 57.2. The van der Waals surface area contributed by atoms with E-state index in [4.69, 9.17) is 0 Å². The van der Waals surface area contributed by atoms with Gasteiger partial charge >= 0.3 is 0 Å². The van der Waals surface area contributed by atoms with Crippen LogP contribution in [-0.4, -0.2) is 0 Å². The molecule has 12 aromatic rings. The Labute approximate surface area is 565 Å². The van der Waals surface area contributed by atoms with Gasteiger partial charge in [0.05, 0.1) is 0 Å². The smallest absolute Gasteiger partial charge is 0.0468 e. The molecular weight excluding hydrogens is 1160 g/mol. The van der Waals surface area contributed by atoms with Crippen molar-refractivity contribution in [2.75, 3.05) is 9.80 Å². The summed E-state index contributed by atoms with van der Waals surface area (Å²) in [6.45, 7) is 19.5. The van der Waals surface area contributed by atoms with Crippen LogP contribution in [0.15, 0.2) is 278 Å². The maximum absolute atomic E-state index is 2.63. The molecule has 2 nitrogen and oxygen atoms in total. The van der Waals surface area contributed by atoms with Gasteiger partial charge in [-0.1, -0.05) is 261 Å². The van der Waals surface area contributed by atoms with Gasteiger partial charge < -0.3 is 9.80 Å². The second kappa shape index (κ2) is 20.6. The van der Waals surface area contributed by atoms with Gasteiger partial charge in [0, 0.05) is 62.2 Å². The Balaban J connectivity index is 0.880. The maximum Gasteiger partial charge on any atom is 0.0468 e. The first-order valence-corrected chi connectivity index (χ1v) is 35.0. The van der Waals surface area contributed by atoms with E-state index < -0.39 is 0 Å². The summed E-state index contributed by atoms with van der Waals surface area (Å²) in [5, 5.41) is 7.38. The van der Waals surface area contributed by atoms with E-state index >= 15 is 0 Å². The van der Waals surface area contributed by atoms with Crippen molar-refractivity contribution in [2.24, 2.45) is 5.92 Å². The van der Waals surface area contributed by atoms with Gasteiger partial charge in [-0.15, -0.1) is 0 Å². The molecule has 0 saturated heterocycles. The highest BCUT2D eigenvalue weighted by Gasteiger charge is 2.46. The zero-order valence-corrected chi connectivity index (χ0v) is 56.2. The van der Waals surface area contributed by atoms with E-state index in [0.717, 1.165) is 42.0 Å². The Morgan fingerprint density at radius 1 is 0.396 bits per heavy atom. The van der Waals surface area contributed by atoms with Gasteiger partial charge in [0.1, 0.15) is 0 Å². The zero-order chi connectivity index (χ0) is 64.7. The summed E-state index contributed by atoms with van der Waals surface area (Å²) in [6.07, 6.45) is 22.2. The molecule has 3 atom stereocenters. The molecule has 0 bridgehead atoms. The van der Waals surface area contributed by atoms with Gasteiger partial charge in [0.15, 0.2) is 0 Å². The lowest BCUT2D eigenvalue weighted by molar-refractivity contribution is 0.394. The van der Waals surface area contributed by atoms with Crippen molar-refractivity contribution in [3.05, 3.63) is 334 Å². The van der Waals surface area contributed by atoms with Crippen LogP contribution in [-0.2, 0) is 28.1 Å². The second-order valence-electron chi connectivity index (χ2n) is 30.6. The van der Waals surface area contributed by atoms with E-state index in [1.54, 1.807) is 0 Å². The van der Waals surface area contributed by atoms with Crippen LogP contribution in [0.5, 0.6) is 0 Å². The highest BCUT2D eigenvalue weighted by atomic mass is 15.2. The summed E-state index contributed by atoms with van der Waals surface area (Å²) in [4.78, 5) is 5.19. The third kappa shape index (κ3) is 8.24. The summed E-state index contributed by atoms with van der Waals surface area (Å²) in [7, 11) is 0. The molecule has 0 aromatic heterocycles. The minimum atomic E-state index is -0.189. The van der Waals surface area contributed by atoms with Crippen LogP contribution < -0.4 is 9.80 Å². The Morgan fingerprint density at radius 3 is 1.64 bits per heavy atom. The van der Waals surface area contributed by atoms with Crippen LogP contribution in [0.3, 0.4) is 0 Å². The van der Waals surface area contributed by atoms with Crippen LogP contribution >= 0.6 is 0 Å². The van der Waals surface area contributed by atoms with Gasteiger partial charge in [-0.25, -0.2) is 0 Å². The number of allylic oxidation sites excluding steroid dienone is 8. The van der Waals surface area contributed by atoms with Gasteiger partial charge in [0.25, 0.3) is 0 Å². The zero-order valence-electron chi connectivity index (χ0n) is 56.2. The summed E-state index contributed by atoms with van der Waals surface area (Å²) >= 11 is 0. The third-order valence-corrected chi connectivity index (χ3v) is 24.1. The molecule has 7 aliphatic rings. The van der Waals surface area contributed by atoms with Crippen LogP contribution in [0.4, 0.5) is 28.4 Å². The molecule has 12 aromatic carbocycles. The maximum atomic E-state index is 2.63. The number of hydrogen-bond acceptors (Lipinski definition) is 2. The fraction of sp³-hybridized carbons (Fsp3) is 0.191. The number of anilines is 5. The van der Waals surface area contributed by atoms with Crippen molar-refractivity contribution in [3.8, 4) is 44.5 Å². The summed E-state index contributed by atoms with van der Waals surface area (Å²) in [6, 6.07) is 87.7. The molecule has 0 heterocycles. The van der Waals surface area contributed by atoms with E-state index in [0.29, 0.717) is 17.8 Å². The van der Waals surface area contributed by atoms with Gasteiger partial charge in [-0.05, 0) is 236 Å². The lowest BCUT2D eigenvalue weighted by atomic mass is 9.74. The molecule has 2 heteroatoms. The number of fused-ring (bicyclic) bond motifs is 16. The molecule has 0 amide bonds. The van der Waals surface area contributed by atoms with Crippen LogP contribution in [0.2, 0.25) is 0 Å². The normalized spacial score (nSPS) is 19.4. The predicted molar refractivity (Wildman–Crippen MR) is 406 cm³/mol.